The number of aromatic amines is 1. The van der Waals surface area contributed by atoms with Gasteiger partial charge in [0.15, 0.2) is 11.5 Å². The van der Waals surface area contributed by atoms with Gasteiger partial charge >= 0.3 is 0 Å². The molecule has 6 nitrogen and oxygen atoms in total. The van der Waals surface area contributed by atoms with Crippen molar-refractivity contribution in [3.05, 3.63) is 32.8 Å². The maximum atomic E-state index is 12.0. The van der Waals surface area contributed by atoms with Gasteiger partial charge in [-0.3, -0.25) is 9.89 Å². The lowest BCUT2D eigenvalue weighted by Crippen LogP contribution is -2.12. The van der Waals surface area contributed by atoms with Crippen LogP contribution in [0.15, 0.2) is 22.1 Å². The molecule has 0 aliphatic rings. The molecule has 0 aliphatic carbocycles. The van der Waals surface area contributed by atoms with Crippen LogP contribution in [0, 0.1) is 6.92 Å². The van der Waals surface area contributed by atoms with Crippen LogP contribution in [0.3, 0.4) is 0 Å². The lowest BCUT2D eigenvalue weighted by Gasteiger charge is -2.02. The van der Waals surface area contributed by atoms with Crippen LogP contribution in [-0.4, -0.2) is 26.1 Å². The van der Waals surface area contributed by atoms with E-state index in [1.807, 2.05) is 24.4 Å². The summed E-state index contributed by atoms with van der Waals surface area (Å²) >= 11 is 4.93. The Hall–Kier alpha value is -1.80. The predicted molar refractivity (Wildman–Crippen MR) is 90.0 cm³/mol. The molecule has 22 heavy (non-hydrogen) atoms. The maximum Gasteiger partial charge on any atom is 0.225 e. The van der Waals surface area contributed by atoms with Gasteiger partial charge in [0.2, 0.25) is 5.91 Å². The number of nitrogens with zero attached hydrogens (tertiary/aromatic N) is 3. The van der Waals surface area contributed by atoms with E-state index in [1.165, 1.54) is 0 Å². The van der Waals surface area contributed by atoms with Gasteiger partial charge in [0.25, 0.3) is 0 Å². The summed E-state index contributed by atoms with van der Waals surface area (Å²) in [5.74, 6) is 0.466. The zero-order valence-corrected chi connectivity index (χ0v) is 14.3. The van der Waals surface area contributed by atoms with E-state index in [9.17, 15) is 4.79 Å². The molecule has 0 saturated heterocycles. The van der Waals surface area contributed by atoms with E-state index < -0.39 is 0 Å². The summed E-state index contributed by atoms with van der Waals surface area (Å²) in [6.07, 6.45) is 2.02. The third-order valence-corrected chi connectivity index (χ3v) is 4.42. The number of H-pyrrole nitrogens is 1. The number of fused-ring (bicyclic) bond motifs is 1. The third-order valence-electron chi connectivity index (χ3n) is 3.15. The maximum absolute atomic E-state index is 12.0. The number of hydrogen-bond acceptors (Lipinski definition) is 5. The predicted octanol–water partition coefficient (Wildman–Crippen LogP) is 3.45. The Balaban J connectivity index is 1.56. The molecular weight excluding hydrogens is 366 g/mol. The van der Waals surface area contributed by atoms with Gasteiger partial charge in [-0.15, -0.1) is 11.3 Å². The minimum absolute atomic E-state index is 0.0525. The fraction of sp³-hybridized carbons (Fsp3) is 0.286. The van der Waals surface area contributed by atoms with Gasteiger partial charge in [0.1, 0.15) is 4.60 Å². The summed E-state index contributed by atoms with van der Waals surface area (Å²) in [7, 11) is 0. The molecule has 0 atom stereocenters. The minimum Gasteiger partial charge on any atom is -0.309 e. The molecule has 0 aromatic carbocycles. The lowest BCUT2D eigenvalue weighted by atomic mass is 10.2. The number of thiazole rings is 1. The quantitative estimate of drug-likeness (QED) is 0.664. The molecule has 0 spiro atoms. The number of carbonyl (C=O) groups excluding carboxylic acids is 1. The Morgan fingerprint density at radius 1 is 1.41 bits per heavy atom. The van der Waals surface area contributed by atoms with Crippen LogP contribution in [0.1, 0.15) is 23.5 Å². The van der Waals surface area contributed by atoms with Crippen molar-refractivity contribution in [2.24, 2.45) is 0 Å². The largest absolute Gasteiger partial charge is 0.309 e. The molecule has 3 rings (SSSR count). The molecule has 1 amide bonds. The second-order valence-corrected chi connectivity index (χ2v) is 6.74. The molecule has 2 N–H and O–H groups in total. The number of halogens is 1. The van der Waals surface area contributed by atoms with Gasteiger partial charge in [-0.25, -0.2) is 9.97 Å². The Morgan fingerprint density at radius 3 is 3.05 bits per heavy atom. The van der Waals surface area contributed by atoms with Crippen molar-refractivity contribution < 1.29 is 4.79 Å². The highest BCUT2D eigenvalue weighted by atomic mass is 79.9. The fourth-order valence-corrected chi connectivity index (χ4v) is 3.08. The Bertz CT molecular complexity index is 813. The van der Waals surface area contributed by atoms with E-state index in [2.05, 4.69) is 41.4 Å². The highest BCUT2D eigenvalue weighted by molar-refractivity contribution is 9.10. The number of amides is 1. The average molecular weight is 380 g/mol. The van der Waals surface area contributed by atoms with Crippen LogP contribution in [0.2, 0.25) is 0 Å². The zero-order chi connectivity index (χ0) is 15.5. The molecule has 3 aromatic rings. The summed E-state index contributed by atoms with van der Waals surface area (Å²) in [5, 5.41) is 13.6. The van der Waals surface area contributed by atoms with Crippen molar-refractivity contribution in [1.29, 1.82) is 0 Å². The first kappa shape index (κ1) is 15.1. The summed E-state index contributed by atoms with van der Waals surface area (Å²) in [6.45, 7) is 1.98. The topological polar surface area (TPSA) is 83.6 Å². The first-order valence-electron chi connectivity index (χ1n) is 6.83. The second kappa shape index (κ2) is 6.53. The highest BCUT2D eigenvalue weighted by Crippen LogP contribution is 2.21. The van der Waals surface area contributed by atoms with Crippen LogP contribution >= 0.6 is 27.3 Å². The number of anilines is 1. The first-order chi connectivity index (χ1) is 10.6. The number of aromatic nitrogens is 4. The average Bonchev–Trinajstić information content (AvgIpc) is 3.05. The molecule has 0 radical (unpaired) electrons. The molecule has 0 unspecified atom stereocenters. The number of rotatable bonds is 5. The lowest BCUT2D eigenvalue weighted by molar-refractivity contribution is -0.116. The van der Waals surface area contributed by atoms with Crippen LogP contribution < -0.4 is 5.32 Å². The summed E-state index contributed by atoms with van der Waals surface area (Å²) in [4.78, 5) is 20.6. The monoisotopic (exact) mass is 379 g/mol. The first-order valence-corrected chi connectivity index (χ1v) is 8.50. The summed E-state index contributed by atoms with van der Waals surface area (Å²) in [6, 6.07) is 3.68. The highest BCUT2D eigenvalue weighted by Gasteiger charge is 2.10. The summed E-state index contributed by atoms with van der Waals surface area (Å²) < 4.78 is 0.722. The van der Waals surface area contributed by atoms with Crippen molar-refractivity contribution in [3.63, 3.8) is 0 Å². The van der Waals surface area contributed by atoms with Gasteiger partial charge in [0, 0.05) is 11.8 Å². The van der Waals surface area contributed by atoms with Gasteiger partial charge < -0.3 is 5.32 Å². The second-order valence-electron chi connectivity index (χ2n) is 4.86. The number of hydrogen-bond donors (Lipinski definition) is 2. The minimum atomic E-state index is -0.0525. The fourth-order valence-electron chi connectivity index (χ4n) is 2.12. The molecule has 0 fully saturated rings. The Labute approximate surface area is 139 Å². The smallest absolute Gasteiger partial charge is 0.225 e. The standard InChI is InChI=1S/C14H14BrN5OS/c1-8-16-9(7-22-8)3-2-4-12(21)18-14-10-5-6-11(15)17-13(10)19-20-14/h5-7H,2-4H2,1H3,(H2,17,18,19,20,21). The molecule has 114 valence electrons. The number of aryl methyl sites for hydroxylation is 2. The molecule has 0 aliphatic heterocycles. The van der Waals surface area contributed by atoms with Crippen molar-refractivity contribution in [1.82, 2.24) is 20.2 Å². The van der Waals surface area contributed by atoms with E-state index >= 15 is 0 Å². The molecule has 3 aromatic heterocycles. The van der Waals surface area contributed by atoms with E-state index in [4.69, 9.17) is 0 Å². The van der Waals surface area contributed by atoms with Crippen molar-refractivity contribution in [2.45, 2.75) is 26.2 Å². The normalized spacial score (nSPS) is 11.0. The van der Waals surface area contributed by atoms with E-state index in [-0.39, 0.29) is 5.91 Å². The Morgan fingerprint density at radius 2 is 2.27 bits per heavy atom. The van der Waals surface area contributed by atoms with Gasteiger partial charge in [-0.2, -0.15) is 5.10 Å². The van der Waals surface area contributed by atoms with E-state index in [0.717, 1.165) is 33.5 Å². The number of carbonyl (C=O) groups is 1. The number of pyridine rings is 1. The zero-order valence-electron chi connectivity index (χ0n) is 11.9. The molecular formula is C14H14BrN5OS. The van der Waals surface area contributed by atoms with Crippen molar-refractivity contribution >= 4 is 50.0 Å². The van der Waals surface area contributed by atoms with Gasteiger partial charge in [0.05, 0.1) is 16.1 Å². The van der Waals surface area contributed by atoms with Crippen LogP contribution in [0.25, 0.3) is 11.0 Å². The molecule has 0 saturated carbocycles. The van der Waals surface area contributed by atoms with Crippen molar-refractivity contribution in [3.8, 4) is 0 Å². The summed E-state index contributed by atoms with van der Waals surface area (Å²) in [5.41, 5.74) is 1.69. The SMILES string of the molecule is Cc1nc(CCCC(=O)Nc2n[nH]c3nc(Br)ccc23)cs1. The van der Waals surface area contributed by atoms with Gasteiger partial charge in [-0.05, 0) is 47.8 Å². The van der Waals surface area contributed by atoms with Crippen LogP contribution in [-0.2, 0) is 11.2 Å². The van der Waals surface area contributed by atoms with Crippen LogP contribution in [0.4, 0.5) is 5.82 Å². The molecule has 8 heteroatoms. The van der Waals surface area contributed by atoms with Crippen LogP contribution in [0.5, 0.6) is 0 Å². The molecule has 0 bridgehead atoms. The third kappa shape index (κ3) is 3.50. The van der Waals surface area contributed by atoms with Gasteiger partial charge in [-0.1, -0.05) is 0 Å². The molecule has 3 heterocycles. The van der Waals surface area contributed by atoms with Crippen molar-refractivity contribution in [2.75, 3.05) is 5.32 Å². The Kier molecular flexibility index (Phi) is 4.49. The van der Waals surface area contributed by atoms with E-state index in [1.54, 1.807) is 11.3 Å². The number of nitrogens with one attached hydrogen (secondary N) is 2. The van der Waals surface area contributed by atoms with E-state index in [0.29, 0.717) is 17.9 Å².